The fourth-order valence-electron chi connectivity index (χ4n) is 2.10. The molecule has 0 fully saturated rings. The Kier molecular flexibility index (Phi) is 3.86. The lowest BCUT2D eigenvalue weighted by Gasteiger charge is -2.09. The van der Waals surface area contributed by atoms with E-state index in [0.29, 0.717) is 16.7 Å². The average molecular weight is 328 g/mol. The summed E-state index contributed by atoms with van der Waals surface area (Å²) in [6.45, 7) is -0.0410. The van der Waals surface area contributed by atoms with Gasteiger partial charge in [-0.1, -0.05) is 5.21 Å². The molecule has 0 aliphatic rings. The van der Waals surface area contributed by atoms with E-state index in [1.165, 1.54) is 26.7 Å². The highest BCUT2D eigenvalue weighted by molar-refractivity contribution is 5.91. The Labute approximate surface area is 136 Å². The maximum Gasteiger partial charge on any atom is 0.322 e. The van der Waals surface area contributed by atoms with Crippen LogP contribution in [0.1, 0.15) is 4.79 Å². The minimum atomic E-state index is -0.327. The number of carbonyl (C=O) groups excluding carboxylic acids is 2. The zero-order chi connectivity index (χ0) is 17.3. The second-order valence-corrected chi connectivity index (χ2v) is 5.38. The normalized spacial score (nSPS) is 10.8. The molecule has 10 heteroatoms. The van der Waals surface area contributed by atoms with E-state index < -0.39 is 0 Å². The van der Waals surface area contributed by atoms with Gasteiger partial charge < -0.3 is 10.6 Å². The highest BCUT2D eigenvalue weighted by atomic mass is 16.2. The molecule has 3 rings (SSSR count). The molecule has 0 radical (unpaired) electrons. The van der Waals surface area contributed by atoms with E-state index in [1.807, 2.05) is 0 Å². The van der Waals surface area contributed by atoms with E-state index in [2.05, 4.69) is 20.6 Å². The monoisotopic (exact) mass is 328 g/mol. The second kappa shape index (κ2) is 5.99. The van der Waals surface area contributed by atoms with Crippen LogP contribution in [-0.4, -0.2) is 55.5 Å². The van der Waals surface area contributed by atoms with Crippen LogP contribution in [0.5, 0.6) is 0 Å². The van der Waals surface area contributed by atoms with E-state index in [0.717, 1.165) is 0 Å². The lowest BCUT2D eigenvalue weighted by Crippen LogP contribution is -2.27. The van der Waals surface area contributed by atoms with Gasteiger partial charge in [-0.2, -0.15) is 0 Å². The molecule has 3 N–H and O–H groups in total. The van der Waals surface area contributed by atoms with E-state index in [1.54, 1.807) is 32.3 Å². The van der Waals surface area contributed by atoms with Crippen molar-refractivity contribution >= 4 is 34.5 Å². The lowest BCUT2D eigenvalue weighted by atomic mass is 10.3. The molecule has 10 nitrogen and oxygen atoms in total. The van der Waals surface area contributed by atoms with Gasteiger partial charge in [-0.3, -0.25) is 14.7 Å². The van der Waals surface area contributed by atoms with Crippen LogP contribution >= 0.6 is 0 Å². The van der Waals surface area contributed by atoms with Crippen LogP contribution in [-0.2, 0) is 6.54 Å². The summed E-state index contributed by atoms with van der Waals surface area (Å²) in [6, 6.07) is 4.81. The molecule has 0 bridgehead atoms. The van der Waals surface area contributed by atoms with Crippen LogP contribution in [0.3, 0.4) is 0 Å². The maximum atomic E-state index is 12.4. The van der Waals surface area contributed by atoms with Crippen molar-refractivity contribution in [1.82, 2.24) is 29.4 Å². The topological polar surface area (TPSA) is 124 Å². The van der Waals surface area contributed by atoms with Crippen molar-refractivity contribution in [1.29, 1.82) is 0 Å². The van der Waals surface area contributed by atoms with Gasteiger partial charge >= 0.3 is 6.03 Å². The summed E-state index contributed by atoms with van der Waals surface area (Å²) in [7, 11) is 3.22. The summed E-state index contributed by atoms with van der Waals surface area (Å²) in [6.07, 6.45) is 2.93. The van der Waals surface area contributed by atoms with Crippen molar-refractivity contribution in [3.63, 3.8) is 0 Å². The molecule has 0 spiro atoms. The van der Waals surface area contributed by atoms with Gasteiger partial charge in [0.15, 0.2) is 5.82 Å². The number of nitrogens with one attached hydrogen (secondary N) is 1. The molecule has 124 valence electrons. The molecule has 1 aromatic carbocycles. The highest BCUT2D eigenvalue weighted by Gasteiger charge is 2.13. The number of benzene rings is 1. The Balaban J connectivity index is 1.75. The second-order valence-electron chi connectivity index (χ2n) is 5.38. The number of anilines is 2. The van der Waals surface area contributed by atoms with Gasteiger partial charge in [0.1, 0.15) is 12.9 Å². The standard InChI is InChI=1S/C14H16N8O2/c1-20(2)14(24)17-12-6-21(19-18-12)7-13(23)22-8-16-10-5-9(15)3-4-11(10)22/h3-6,8H,7,15H2,1-2H3,(H,17,24). The SMILES string of the molecule is CN(C)C(=O)Nc1cn(CC(=O)n2cnc3cc(N)ccc32)nn1. The predicted octanol–water partition coefficient (Wildman–Crippen LogP) is 0.644. The minimum Gasteiger partial charge on any atom is -0.399 e. The number of amides is 2. The molecule has 0 saturated carbocycles. The Hall–Kier alpha value is -3.43. The lowest BCUT2D eigenvalue weighted by molar-refractivity contribution is 0.0890. The van der Waals surface area contributed by atoms with Crippen LogP contribution in [0.4, 0.5) is 16.3 Å². The Bertz CT molecular complexity index is 911. The molecule has 2 heterocycles. The van der Waals surface area contributed by atoms with Gasteiger partial charge in [0.05, 0.1) is 17.2 Å². The largest absolute Gasteiger partial charge is 0.399 e. The van der Waals surface area contributed by atoms with Gasteiger partial charge in [0.25, 0.3) is 5.91 Å². The van der Waals surface area contributed by atoms with E-state index in [4.69, 9.17) is 5.73 Å². The van der Waals surface area contributed by atoms with Crippen LogP contribution < -0.4 is 11.1 Å². The third kappa shape index (κ3) is 3.02. The maximum absolute atomic E-state index is 12.4. The first-order valence-electron chi connectivity index (χ1n) is 7.08. The Morgan fingerprint density at radius 2 is 2.12 bits per heavy atom. The fourth-order valence-corrected chi connectivity index (χ4v) is 2.10. The first kappa shape index (κ1) is 15.5. The molecule has 0 atom stereocenters. The molecule has 0 aliphatic heterocycles. The van der Waals surface area contributed by atoms with Gasteiger partial charge in [-0.15, -0.1) is 5.10 Å². The van der Waals surface area contributed by atoms with Crippen molar-refractivity contribution in [3.8, 4) is 0 Å². The molecular formula is C14H16N8O2. The minimum absolute atomic E-state index is 0.0410. The zero-order valence-corrected chi connectivity index (χ0v) is 13.2. The molecule has 0 saturated heterocycles. The third-order valence-electron chi connectivity index (χ3n) is 3.32. The average Bonchev–Trinajstić information content (AvgIpc) is 3.13. The number of nitrogen functional groups attached to an aromatic ring is 1. The van der Waals surface area contributed by atoms with Crippen molar-refractivity contribution < 1.29 is 9.59 Å². The highest BCUT2D eigenvalue weighted by Crippen LogP contribution is 2.16. The van der Waals surface area contributed by atoms with E-state index in [-0.39, 0.29) is 24.3 Å². The zero-order valence-electron chi connectivity index (χ0n) is 13.2. The number of rotatable bonds is 3. The number of aromatic nitrogens is 5. The van der Waals surface area contributed by atoms with Gasteiger partial charge in [-0.05, 0) is 18.2 Å². The number of carbonyl (C=O) groups is 2. The number of urea groups is 1. The van der Waals surface area contributed by atoms with E-state index >= 15 is 0 Å². The molecule has 0 unspecified atom stereocenters. The summed E-state index contributed by atoms with van der Waals surface area (Å²) < 4.78 is 2.77. The molecule has 24 heavy (non-hydrogen) atoms. The molecule has 3 aromatic rings. The first-order chi connectivity index (χ1) is 11.4. The summed E-state index contributed by atoms with van der Waals surface area (Å²) in [4.78, 5) is 29.5. The number of hydrogen-bond acceptors (Lipinski definition) is 6. The first-order valence-corrected chi connectivity index (χ1v) is 7.08. The number of nitrogens with zero attached hydrogens (tertiary/aromatic N) is 6. The van der Waals surface area contributed by atoms with Gasteiger partial charge in [0.2, 0.25) is 0 Å². The van der Waals surface area contributed by atoms with Crippen LogP contribution in [0.25, 0.3) is 11.0 Å². The number of nitrogens with two attached hydrogens (primary N) is 1. The van der Waals surface area contributed by atoms with Crippen molar-refractivity contribution in [2.45, 2.75) is 6.54 Å². The van der Waals surface area contributed by atoms with Crippen molar-refractivity contribution in [3.05, 3.63) is 30.7 Å². The number of fused-ring (bicyclic) bond motifs is 1. The summed E-state index contributed by atoms with van der Waals surface area (Å²) >= 11 is 0. The van der Waals surface area contributed by atoms with Crippen molar-refractivity contribution in [2.24, 2.45) is 0 Å². The summed E-state index contributed by atoms with van der Waals surface area (Å²) in [5, 5.41) is 10.2. The summed E-state index contributed by atoms with van der Waals surface area (Å²) in [5.41, 5.74) is 7.59. The number of hydrogen-bond donors (Lipinski definition) is 2. The number of imidazole rings is 1. The Morgan fingerprint density at radius 1 is 1.33 bits per heavy atom. The van der Waals surface area contributed by atoms with Gasteiger partial charge in [0, 0.05) is 19.8 Å². The van der Waals surface area contributed by atoms with Crippen LogP contribution in [0.2, 0.25) is 0 Å². The van der Waals surface area contributed by atoms with Gasteiger partial charge in [-0.25, -0.2) is 14.5 Å². The molecule has 0 aliphatic carbocycles. The fraction of sp³-hybridized carbons (Fsp3) is 0.214. The molecule has 2 aromatic heterocycles. The van der Waals surface area contributed by atoms with Crippen LogP contribution in [0, 0.1) is 0 Å². The van der Waals surface area contributed by atoms with Crippen molar-refractivity contribution in [2.75, 3.05) is 25.1 Å². The molecular weight excluding hydrogens is 312 g/mol. The quantitative estimate of drug-likeness (QED) is 0.680. The van der Waals surface area contributed by atoms with E-state index in [9.17, 15) is 9.59 Å². The Morgan fingerprint density at radius 3 is 2.88 bits per heavy atom. The molecule has 2 amide bonds. The summed E-state index contributed by atoms with van der Waals surface area (Å²) in [5.74, 6) is 0.0300. The third-order valence-corrected chi connectivity index (χ3v) is 3.32. The smallest absolute Gasteiger partial charge is 0.322 e. The van der Waals surface area contributed by atoms with Crippen LogP contribution in [0.15, 0.2) is 30.7 Å². The predicted molar refractivity (Wildman–Crippen MR) is 87.5 cm³/mol.